The number of hydrogen-bond acceptors (Lipinski definition) is 5. The van der Waals surface area contributed by atoms with E-state index < -0.39 is 0 Å². The van der Waals surface area contributed by atoms with Crippen molar-refractivity contribution < 1.29 is 4.74 Å². The van der Waals surface area contributed by atoms with Crippen LogP contribution in [0.2, 0.25) is 0 Å². The smallest absolute Gasteiger partial charge is 0.206 e. The summed E-state index contributed by atoms with van der Waals surface area (Å²) in [4.78, 5) is 4.32. The van der Waals surface area contributed by atoms with Crippen molar-refractivity contribution in [1.82, 2.24) is 25.6 Å². The Kier molecular flexibility index (Phi) is 3.36. The molecule has 2 heterocycles. The van der Waals surface area contributed by atoms with Gasteiger partial charge in [-0.1, -0.05) is 17.7 Å². The molecule has 0 spiro atoms. The lowest BCUT2D eigenvalue weighted by atomic mass is 10.2. The van der Waals surface area contributed by atoms with Crippen molar-refractivity contribution in [1.29, 1.82) is 0 Å². The number of benzene rings is 1. The Bertz CT molecular complexity index is 662. The Morgan fingerprint density at radius 3 is 2.60 bits per heavy atom. The van der Waals surface area contributed by atoms with E-state index in [1.54, 1.807) is 6.20 Å². The van der Waals surface area contributed by atoms with Crippen LogP contribution in [0.3, 0.4) is 0 Å². The normalized spacial score (nSPS) is 10.4. The fourth-order valence-corrected chi connectivity index (χ4v) is 1.72. The molecule has 6 nitrogen and oxygen atoms in total. The van der Waals surface area contributed by atoms with Gasteiger partial charge in [0.15, 0.2) is 0 Å². The molecule has 0 unspecified atom stereocenters. The molecule has 0 radical (unpaired) electrons. The number of nitrogens with zero attached hydrogens (tertiary/aromatic N) is 4. The molecule has 0 aliphatic heterocycles. The van der Waals surface area contributed by atoms with E-state index in [-0.39, 0.29) is 0 Å². The van der Waals surface area contributed by atoms with Gasteiger partial charge in [0.2, 0.25) is 5.82 Å². The maximum Gasteiger partial charge on any atom is 0.206 e. The molecule has 1 aromatic carbocycles. The number of ether oxygens (including phenoxy) is 1. The second-order valence-corrected chi connectivity index (χ2v) is 4.38. The van der Waals surface area contributed by atoms with Gasteiger partial charge in [0.25, 0.3) is 0 Å². The van der Waals surface area contributed by atoms with Crippen LogP contribution in [0.4, 0.5) is 0 Å². The van der Waals surface area contributed by atoms with Gasteiger partial charge >= 0.3 is 0 Å². The molecule has 0 saturated heterocycles. The molecule has 100 valence electrons. The Labute approximate surface area is 115 Å². The summed E-state index contributed by atoms with van der Waals surface area (Å²) in [6, 6.07) is 11.7. The fourth-order valence-electron chi connectivity index (χ4n) is 1.72. The predicted molar refractivity (Wildman–Crippen MR) is 72.9 cm³/mol. The molecule has 0 atom stereocenters. The third-order valence-electron chi connectivity index (χ3n) is 2.84. The van der Waals surface area contributed by atoms with E-state index in [1.807, 2.05) is 43.3 Å². The Hall–Kier alpha value is -2.76. The van der Waals surface area contributed by atoms with Gasteiger partial charge in [0, 0.05) is 11.8 Å². The molecule has 0 aliphatic rings. The maximum absolute atomic E-state index is 5.67. The zero-order valence-electron chi connectivity index (χ0n) is 10.9. The molecular weight excluding hydrogens is 254 g/mol. The van der Waals surface area contributed by atoms with Gasteiger partial charge in [-0.05, 0) is 36.4 Å². The largest absolute Gasteiger partial charge is 0.487 e. The number of hydrogen-bond donors (Lipinski definition) is 1. The number of aromatic nitrogens is 5. The molecule has 3 rings (SSSR count). The highest BCUT2D eigenvalue weighted by Gasteiger charge is 2.03. The van der Waals surface area contributed by atoms with Crippen LogP contribution in [0.1, 0.15) is 11.3 Å². The van der Waals surface area contributed by atoms with Gasteiger partial charge in [-0.2, -0.15) is 5.21 Å². The van der Waals surface area contributed by atoms with Gasteiger partial charge in [-0.25, -0.2) is 0 Å². The van der Waals surface area contributed by atoms with Gasteiger partial charge < -0.3 is 4.74 Å². The van der Waals surface area contributed by atoms with Crippen LogP contribution >= 0.6 is 0 Å². The first-order valence-corrected chi connectivity index (χ1v) is 6.19. The molecule has 3 aromatic rings. The molecule has 0 amide bonds. The fraction of sp³-hybridized carbons (Fsp3) is 0.143. The molecule has 0 aliphatic carbocycles. The van der Waals surface area contributed by atoms with E-state index in [0.717, 1.165) is 17.0 Å². The molecule has 1 N–H and O–H groups in total. The molecule has 0 bridgehead atoms. The molecule has 0 saturated carbocycles. The number of nitrogens with one attached hydrogen (secondary N) is 1. The van der Waals surface area contributed by atoms with E-state index >= 15 is 0 Å². The van der Waals surface area contributed by atoms with E-state index in [2.05, 4.69) is 25.6 Å². The standard InChI is InChI=1S/C14H13N5O/c1-10-2-6-13(7-3-10)20-9-12-5-4-11(8-15-12)14-16-18-19-17-14/h2-8H,9H2,1H3,(H,16,17,18,19). The lowest BCUT2D eigenvalue weighted by Gasteiger charge is -2.06. The lowest BCUT2D eigenvalue weighted by Crippen LogP contribution is -1.98. The van der Waals surface area contributed by atoms with Gasteiger partial charge in [-0.3, -0.25) is 4.98 Å². The number of rotatable bonds is 4. The molecule has 20 heavy (non-hydrogen) atoms. The van der Waals surface area contributed by atoms with E-state index in [9.17, 15) is 0 Å². The van der Waals surface area contributed by atoms with Crippen LogP contribution < -0.4 is 4.74 Å². The zero-order valence-corrected chi connectivity index (χ0v) is 10.9. The van der Waals surface area contributed by atoms with E-state index in [0.29, 0.717) is 12.4 Å². The minimum atomic E-state index is 0.426. The first-order chi connectivity index (χ1) is 9.81. The summed E-state index contributed by atoms with van der Waals surface area (Å²) in [5, 5.41) is 13.7. The molecule has 0 fully saturated rings. The lowest BCUT2D eigenvalue weighted by molar-refractivity contribution is 0.301. The summed E-state index contributed by atoms with van der Waals surface area (Å²) < 4.78 is 5.67. The minimum Gasteiger partial charge on any atom is -0.487 e. The first-order valence-electron chi connectivity index (χ1n) is 6.19. The number of H-pyrrole nitrogens is 1. The highest BCUT2D eigenvalue weighted by Crippen LogP contribution is 2.15. The predicted octanol–water partition coefficient (Wildman–Crippen LogP) is 2.15. The molecular formula is C14H13N5O. The number of aryl methyl sites for hydroxylation is 1. The van der Waals surface area contributed by atoms with Crippen molar-refractivity contribution in [3.8, 4) is 17.1 Å². The summed E-state index contributed by atoms with van der Waals surface area (Å²) in [5.41, 5.74) is 2.87. The number of tetrazole rings is 1. The SMILES string of the molecule is Cc1ccc(OCc2ccc(-c3nn[nH]n3)cn2)cc1. The van der Waals surface area contributed by atoms with Crippen molar-refractivity contribution in [3.63, 3.8) is 0 Å². The quantitative estimate of drug-likeness (QED) is 0.783. The minimum absolute atomic E-state index is 0.426. The van der Waals surface area contributed by atoms with Crippen LogP contribution in [-0.4, -0.2) is 25.6 Å². The highest BCUT2D eigenvalue weighted by molar-refractivity contribution is 5.51. The second-order valence-electron chi connectivity index (χ2n) is 4.38. The third-order valence-corrected chi connectivity index (χ3v) is 2.84. The highest BCUT2D eigenvalue weighted by atomic mass is 16.5. The average molecular weight is 267 g/mol. The summed E-state index contributed by atoms with van der Waals surface area (Å²) >= 11 is 0. The van der Waals surface area contributed by atoms with E-state index in [4.69, 9.17) is 4.74 Å². The van der Waals surface area contributed by atoms with Crippen molar-refractivity contribution >= 4 is 0 Å². The third kappa shape index (κ3) is 2.80. The van der Waals surface area contributed by atoms with Gasteiger partial charge in [0.1, 0.15) is 12.4 Å². The summed E-state index contributed by atoms with van der Waals surface area (Å²) in [6.45, 7) is 2.47. The Morgan fingerprint density at radius 1 is 1.10 bits per heavy atom. The van der Waals surface area contributed by atoms with Crippen LogP contribution in [0.25, 0.3) is 11.4 Å². The Morgan fingerprint density at radius 2 is 1.95 bits per heavy atom. The molecule has 6 heteroatoms. The van der Waals surface area contributed by atoms with Crippen molar-refractivity contribution in [2.24, 2.45) is 0 Å². The van der Waals surface area contributed by atoms with E-state index in [1.165, 1.54) is 5.56 Å². The van der Waals surface area contributed by atoms with Crippen LogP contribution in [0, 0.1) is 6.92 Å². The van der Waals surface area contributed by atoms with Crippen molar-refractivity contribution in [2.45, 2.75) is 13.5 Å². The first kappa shape index (κ1) is 12.3. The monoisotopic (exact) mass is 267 g/mol. The van der Waals surface area contributed by atoms with Crippen molar-refractivity contribution in [2.75, 3.05) is 0 Å². The zero-order chi connectivity index (χ0) is 13.8. The summed E-state index contributed by atoms with van der Waals surface area (Å²) in [7, 11) is 0. The van der Waals surface area contributed by atoms with Crippen LogP contribution in [-0.2, 0) is 6.61 Å². The number of pyridine rings is 1. The molecule has 2 aromatic heterocycles. The van der Waals surface area contributed by atoms with Gasteiger partial charge in [0.05, 0.1) is 5.69 Å². The van der Waals surface area contributed by atoms with Crippen molar-refractivity contribution in [3.05, 3.63) is 53.9 Å². The number of aromatic amines is 1. The second kappa shape index (κ2) is 5.48. The average Bonchev–Trinajstić information content (AvgIpc) is 3.01. The maximum atomic E-state index is 5.67. The van der Waals surface area contributed by atoms with Crippen LogP contribution in [0.5, 0.6) is 5.75 Å². The Balaban J connectivity index is 1.65. The summed E-state index contributed by atoms with van der Waals surface area (Å²) in [6.07, 6.45) is 1.71. The topological polar surface area (TPSA) is 76.6 Å². The summed E-state index contributed by atoms with van der Waals surface area (Å²) in [5.74, 6) is 1.36. The van der Waals surface area contributed by atoms with Crippen LogP contribution in [0.15, 0.2) is 42.6 Å². The van der Waals surface area contributed by atoms with Gasteiger partial charge in [-0.15, -0.1) is 10.2 Å².